The first-order valence-electron chi connectivity index (χ1n) is 9.64. The van der Waals surface area contributed by atoms with Gasteiger partial charge in [-0.3, -0.25) is 9.59 Å². The first-order chi connectivity index (χ1) is 14.4. The summed E-state index contributed by atoms with van der Waals surface area (Å²) in [5.41, 5.74) is 3.02. The minimum atomic E-state index is -0.688. The number of phenols is 1. The van der Waals surface area contributed by atoms with Gasteiger partial charge in [0.1, 0.15) is 17.1 Å². The Morgan fingerprint density at radius 1 is 1.03 bits per heavy atom. The van der Waals surface area contributed by atoms with Gasteiger partial charge in [0, 0.05) is 0 Å². The molecule has 0 aliphatic carbocycles. The molecule has 1 atom stereocenters. The molecule has 0 saturated carbocycles. The van der Waals surface area contributed by atoms with E-state index < -0.39 is 6.04 Å². The third-order valence-electron chi connectivity index (χ3n) is 5.67. The molecule has 150 valence electrons. The van der Waals surface area contributed by atoms with Crippen LogP contribution < -0.4 is 5.43 Å². The molecule has 6 nitrogen and oxygen atoms in total. The third-order valence-corrected chi connectivity index (χ3v) is 5.67. The van der Waals surface area contributed by atoms with E-state index in [1.165, 1.54) is 6.26 Å². The lowest BCUT2D eigenvalue weighted by atomic mass is 9.97. The number of fused-ring (bicyclic) bond motifs is 2. The van der Waals surface area contributed by atoms with Gasteiger partial charge in [-0.2, -0.15) is 0 Å². The van der Waals surface area contributed by atoms with Crippen LogP contribution in [0.25, 0.3) is 11.0 Å². The minimum Gasteiger partial charge on any atom is -0.508 e. The second-order valence-corrected chi connectivity index (χ2v) is 7.62. The van der Waals surface area contributed by atoms with Crippen LogP contribution in [0.15, 0.2) is 68.4 Å². The standard InChI is InChI=1S/C24H19NO5/c1-13-9-18-19(10-14(13)2)30-23-20(22(18)27)21(15-5-3-6-16(26)11-15)25(24(23)28)12-17-7-4-8-29-17/h3-11,21,26H,12H2,1-2H3. The summed E-state index contributed by atoms with van der Waals surface area (Å²) in [6.07, 6.45) is 1.54. The molecular formula is C24H19NO5. The number of nitrogens with zero attached hydrogens (tertiary/aromatic N) is 1. The van der Waals surface area contributed by atoms with Crippen LogP contribution in [-0.2, 0) is 6.54 Å². The van der Waals surface area contributed by atoms with Crippen molar-refractivity contribution in [1.29, 1.82) is 0 Å². The molecule has 2 aromatic carbocycles. The third kappa shape index (κ3) is 2.72. The molecule has 1 aliphatic rings. The Labute approximate surface area is 172 Å². The zero-order chi connectivity index (χ0) is 21.0. The van der Waals surface area contributed by atoms with Crippen LogP contribution in [0.1, 0.15) is 44.6 Å². The first-order valence-corrected chi connectivity index (χ1v) is 9.64. The minimum absolute atomic E-state index is 0.0376. The summed E-state index contributed by atoms with van der Waals surface area (Å²) in [6, 6.07) is 13.0. The summed E-state index contributed by atoms with van der Waals surface area (Å²) in [4.78, 5) is 28.4. The van der Waals surface area contributed by atoms with Gasteiger partial charge in [0.25, 0.3) is 5.91 Å². The number of furan rings is 1. The Kier molecular flexibility index (Phi) is 4.03. The number of rotatable bonds is 3. The number of aromatic hydroxyl groups is 1. The number of carbonyl (C=O) groups excluding carboxylic acids is 1. The van der Waals surface area contributed by atoms with Gasteiger partial charge < -0.3 is 18.8 Å². The fourth-order valence-electron chi connectivity index (χ4n) is 4.05. The summed E-state index contributed by atoms with van der Waals surface area (Å²) in [6.45, 7) is 4.04. The van der Waals surface area contributed by atoms with E-state index >= 15 is 0 Å². The van der Waals surface area contributed by atoms with E-state index in [1.54, 1.807) is 53.4 Å². The van der Waals surface area contributed by atoms with Gasteiger partial charge in [0.15, 0.2) is 5.43 Å². The van der Waals surface area contributed by atoms with Gasteiger partial charge in [-0.25, -0.2) is 0 Å². The SMILES string of the molecule is Cc1cc2oc3c(c(=O)c2cc1C)C(c1cccc(O)c1)N(Cc1ccco1)C3=O. The van der Waals surface area contributed by atoms with E-state index in [-0.39, 0.29) is 35.0 Å². The molecule has 1 unspecified atom stereocenters. The molecule has 5 rings (SSSR count). The van der Waals surface area contributed by atoms with Crippen LogP contribution in [0.2, 0.25) is 0 Å². The van der Waals surface area contributed by atoms with E-state index in [2.05, 4.69) is 0 Å². The zero-order valence-corrected chi connectivity index (χ0v) is 16.5. The van der Waals surface area contributed by atoms with E-state index in [0.29, 0.717) is 22.3 Å². The fraction of sp³-hybridized carbons (Fsp3) is 0.167. The largest absolute Gasteiger partial charge is 0.508 e. The van der Waals surface area contributed by atoms with Crippen molar-refractivity contribution in [3.05, 3.63) is 98.8 Å². The predicted octanol–water partition coefficient (Wildman–Crippen LogP) is 4.45. The highest BCUT2D eigenvalue weighted by Gasteiger charge is 2.43. The first kappa shape index (κ1) is 18.2. The highest BCUT2D eigenvalue weighted by molar-refractivity contribution is 5.99. The van der Waals surface area contributed by atoms with Crippen molar-refractivity contribution in [2.75, 3.05) is 0 Å². The van der Waals surface area contributed by atoms with Crippen molar-refractivity contribution in [3.63, 3.8) is 0 Å². The van der Waals surface area contributed by atoms with Crippen LogP contribution >= 0.6 is 0 Å². The lowest BCUT2D eigenvalue weighted by molar-refractivity contribution is 0.0701. The second-order valence-electron chi connectivity index (χ2n) is 7.62. The molecule has 4 aromatic rings. The van der Waals surface area contributed by atoms with Gasteiger partial charge >= 0.3 is 0 Å². The molecule has 1 aliphatic heterocycles. The van der Waals surface area contributed by atoms with E-state index in [0.717, 1.165) is 11.1 Å². The average Bonchev–Trinajstić information content (AvgIpc) is 3.32. The fourth-order valence-corrected chi connectivity index (χ4v) is 4.05. The number of amides is 1. The molecule has 0 bridgehead atoms. The van der Waals surface area contributed by atoms with Crippen molar-refractivity contribution in [3.8, 4) is 5.75 Å². The maximum Gasteiger partial charge on any atom is 0.291 e. The Bertz CT molecular complexity index is 1350. The summed E-state index contributed by atoms with van der Waals surface area (Å²) in [7, 11) is 0. The lowest BCUT2D eigenvalue weighted by Gasteiger charge is -2.24. The quantitative estimate of drug-likeness (QED) is 0.548. The maximum atomic E-state index is 13.5. The molecule has 30 heavy (non-hydrogen) atoms. The Morgan fingerprint density at radius 3 is 2.57 bits per heavy atom. The molecule has 0 spiro atoms. The topological polar surface area (TPSA) is 83.9 Å². The van der Waals surface area contributed by atoms with Gasteiger partial charge in [-0.1, -0.05) is 12.1 Å². The monoisotopic (exact) mass is 401 g/mol. The van der Waals surface area contributed by atoms with Crippen LogP contribution in [0.3, 0.4) is 0 Å². The Hall–Kier alpha value is -3.80. The summed E-state index contributed by atoms with van der Waals surface area (Å²) >= 11 is 0. The average molecular weight is 401 g/mol. The number of benzene rings is 2. The molecule has 2 aromatic heterocycles. The Balaban J connectivity index is 1.77. The number of hydrogen-bond acceptors (Lipinski definition) is 5. The van der Waals surface area contributed by atoms with Crippen LogP contribution in [0.5, 0.6) is 5.75 Å². The van der Waals surface area contributed by atoms with Gasteiger partial charge in [0.05, 0.1) is 29.8 Å². The highest BCUT2D eigenvalue weighted by Crippen LogP contribution is 2.40. The molecule has 1 N–H and O–H groups in total. The number of phenolic OH excluding ortho intramolecular Hbond substituents is 1. The zero-order valence-electron chi connectivity index (χ0n) is 16.5. The van der Waals surface area contributed by atoms with Crippen molar-refractivity contribution >= 4 is 16.9 Å². The van der Waals surface area contributed by atoms with Crippen molar-refractivity contribution in [1.82, 2.24) is 4.90 Å². The molecule has 0 fully saturated rings. The van der Waals surface area contributed by atoms with Gasteiger partial charge in [0.2, 0.25) is 5.76 Å². The Morgan fingerprint density at radius 2 is 1.83 bits per heavy atom. The highest BCUT2D eigenvalue weighted by atomic mass is 16.4. The number of hydrogen-bond donors (Lipinski definition) is 1. The summed E-state index contributed by atoms with van der Waals surface area (Å²) in [5, 5.41) is 10.5. The number of carbonyl (C=O) groups is 1. The molecule has 3 heterocycles. The van der Waals surface area contributed by atoms with Gasteiger partial charge in [-0.05, 0) is 66.9 Å². The summed E-state index contributed by atoms with van der Waals surface area (Å²) in [5.74, 6) is 0.301. The molecular weight excluding hydrogens is 382 g/mol. The maximum absolute atomic E-state index is 13.5. The molecule has 1 amide bonds. The van der Waals surface area contributed by atoms with Crippen LogP contribution in [0.4, 0.5) is 0 Å². The van der Waals surface area contributed by atoms with E-state index in [9.17, 15) is 14.7 Å². The van der Waals surface area contributed by atoms with Crippen molar-refractivity contribution in [2.45, 2.75) is 26.4 Å². The van der Waals surface area contributed by atoms with Gasteiger partial charge in [-0.15, -0.1) is 0 Å². The van der Waals surface area contributed by atoms with Crippen LogP contribution in [-0.4, -0.2) is 15.9 Å². The number of aryl methyl sites for hydroxylation is 2. The predicted molar refractivity (Wildman–Crippen MR) is 110 cm³/mol. The summed E-state index contributed by atoms with van der Waals surface area (Å²) < 4.78 is 11.4. The second kappa shape index (κ2) is 6.62. The lowest BCUT2D eigenvalue weighted by Crippen LogP contribution is -2.29. The van der Waals surface area contributed by atoms with Crippen LogP contribution in [0, 0.1) is 13.8 Å². The van der Waals surface area contributed by atoms with Crippen molar-refractivity contribution in [2.24, 2.45) is 0 Å². The smallest absolute Gasteiger partial charge is 0.291 e. The normalized spacial score (nSPS) is 15.7. The van der Waals surface area contributed by atoms with E-state index in [1.807, 2.05) is 13.8 Å². The molecule has 6 heteroatoms. The molecule has 0 radical (unpaired) electrons. The van der Waals surface area contributed by atoms with E-state index in [4.69, 9.17) is 8.83 Å². The van der Waals surface area contributed by atoms with Crippen molar-refractivity contribution < 1.29 is 18.7 Å². The molecule has 0 saturated heterocycles.